The molecule has 0 unspecified atom stereocenters. The minimum absolute atomic E-state index is 0.237. The zero-order valence-electron chi connectivity index (χ0n) is 9.33. The lowest BCUT2D eigenvalue weighted by Gasteiger charge is -2.04. The maximum atomic E-state index is 11.9. The van der Waals surface area contributed by atoms with Crippen molar-refractivity contribution in [2.45, 2.75) is 0 Å². The molecule has 0 saturated carbocycles. The van der Waals surface area contributed by atoms with Gasteiger partial charge in [0, 0.05) is 11.1 Å². The van der Waals surface area contributed by atoms with Crippen LogP contribution in [0.5, 0.6) is 0 Å². The lowest BCUT2D eigenvalue weighted by Crippen LogP contribution is -2.13. The average molecular weight is 258 g/mol. The van der Waals surface area contributed by atoms with Crippen molar-refractivity contribution in [2.75, 3.05) is 5.32 Å². The van der Waals surface area contributed by atoms with Crippen LogP contribution in [0.2, 0.25) is 0 Å². The minimum atomic E-state index is -0.237. The van der Waals surface area contributed by atoms with Crippen molar-refractivity contribution in [3.05, 3.63) is 54.1 Å². The number of carbonyl (C=O) groups is 1. The van der Waals surface area contributed by atoms with Gasteiger partial charge in [0.1, 0.15) is 11.3 Å². The van der Waals surface area contributed by atoms with Gasteiger partial charge >= 0.3 is 0 Å². The number of anilines is 1. The number of nitrogens with zero attached hydrogens (tertiary/aromatic N) is 2. The predicted octanol–water partition coefficient (Wildman–Crippen LogP) is 1.36. The smallest absolute Gasteiger partial charge is 0.255 e. The zero-order valence-corrected chi connectivity index (χ0v) is 10.1. The van der Waals surface area contributed by atoms with Crippen molar-refractivity contribution in [3.8, 4) is 0 Å². The zero-order chi connectivity index (χ0) is 13.0. The Morgan fingerprint density at radius 1 is 1.11 bits per heavy atom. The molecule has 6 heteroatoms. The number of aromatic nitrogens is 2. The SMILES string of the molecule is NC(=S)c1ccc(C(=O)Nc2cncnc2)cc1. The molecule has 0 spiro atoms. The summed E-state index contributed by atoms with van der Waals surface area (Å²) in [5.41, 5.74) is 7.26. The highest BCUT2D eigenvalue weighted by atomic mass is 32.1. The lowest BCUT2D eigenvalue weighted by atomic mass is 10.1. The Labute approximate surface area is 109 Å². The summed E-state index contributed by atoms with van der Waals surface area (Å²) in [5.74, 6) is -0.237. The highest BCUT2D eigenvalue weighted by molar-refractivity contribution is 7.80. The first kappa shape index (κ1) is 12.1. The van der Waals surface area contributed by atoms with E-state index in [1.807, 2.05) is 0 Å². The molecule has 0 fully saturated rings. The summed E-state index contributed by atoms with van der Waals surface area (Å²) in [5, 5.41) is 2.68. The van der Waals surface area contributed by atoms with Crippen molar-refractivity contribution < 1.29 is 4.79 Å². The fourth-order valence-corrected chi connectivity index (χ4v) is 1.49. The van der Waals surface area contributed by atoms with Crippen molar-refractivity contribution >= 4 is 28.8 Å². The summed E-state index contributed by atoms with van der Waals surface area (Å²) in [7, 11) is 0. The Balaban J connectivity index is 2.12. The second-order valence-electron chi connectivity index (χ2n) is 3.52. The molecule has 1 amide bonds. The Hall–Kier alpha value is -2.34. The number of carbonyl (C=O) groups excluding carboxylic acids is 1. The molecule has 0 radical (unpaired) electrons. The van der Waals surface area contributed by atoms with Crippen LogP contribution in [0.3, 0.4) is 0 Å². The molecular formula is C12H10N4OS. The number of hydrogen-bond acceptors (Lipinski definition) is 4. The summed E-state index contributed by atoms with van der Waals surface area (Å²) >= 11 is 4.84. The number of nitrogens with one attached hydrogen (secondary N) is 1. The van der Waals surface area contributed by atoms with Crippen LogP contribution in [0.1, 0.15) is 15.9 Å². The monoisotopic (exact) mass is 258 g/mol. The van der Waals surface area contributed by atoms with Gasteiger partial charge in [0.15, 0.2) is 0 Å². The van der Waals surface area contributed by atoms with Gasteiger partial charge in [-0.3, -0.25) is 4.79 Å². The summed E-state index contributed by atoms with van der Waals surface area (Å²) < 4.78 is 0. The van der Waals surface area contributed by atoms with Crippen molar-refractivity contribution in [1.82, 2.24) is 9.97 Å². The molecule has 0 atom stereocenters. The van der Waals surface area contributed by atoms with Crippen LogP contribution in [0, 0.1) is 0 Å². The van der Waals surface area contributed by atoms with Crippen molar-refractivity contribution in [2.24, 2.45) is 5.73 Å². The van der Waals surface area contributed by atoms with Crippen LogP contribution >= 0.6 is 12.2 Å². The van der Waals surface area contributed by atoms with Crippen LogP contribution in [-0.4, -0.2) is 20.9 Å². The first-order chi connectivity index (χ1) is 8.66. The Morgan fingerprint density at radius 2 is 1.67 bits per heavy atom. The number of benzene rings is 1. The fraction of sp³-hybridized carbons (Fsp3) is 0. The second-order valence-corrected chi connectivity index (χ2v) is 3.96. The number of amides is 1. The Morgan fingerprint density at radius 3 is 2.22 bits per heavy atom. The number of thiocarbonyl (C=S) groups is 1. The van der Waals surface area contributed by atoms with Crippen LogP contribution in [-0.2, 0) is 0 Å². The maximum absolute atomic E-state index is 11.9. The molecule has 1 aromatic heterocycles. The third-order valence-corrected chi connectivity index (χ3v) is 2.49. The molecule has 1 heterocycles. The van der Waals surface area contributed by atoms with Gasteiger partial charge in [0.2, 0.25) is 0 Å². The van der Waals surface area contributed by atoms with Gasteiger partial charge in [-0.25, -0.2) is 9.97 Å². The van der Waals surface area contributed by atoms with E-state index < -0.39 is 0 Å². The molecule has 0 bridgehead atoms. The summed E-state index contributed by atoms with van der Waals surface area (Å²) in [6.45, 7) is 0. The molecule has 0 aliphatic heterocycles. The molecule has 0 aliphatic rings. The maximum Gasteiger partial charge on any atom is 0.255 e. The molecular weight excluding hydrogens is 248 g/mol. The second kappa shape index (κ2) is 5.33. The van der Waals surface area contributed by atoms with Crippen LogP contribution in [0.15, 0.2) is 43.0 Å². The van der Waals surface area contributed by atoms with Gasteiger partial charge in [-0.1, -0.05) is 24.4 Å². The quantitative estimate of drug-likeness (QED) is 0.812. The van der Waals surface area contributed by atoms with E-state index in [2.05, 4.69) is 15.3 Å². The van der Waals surface area contributed by atoms with Crippen LogP contribution in [0.25, 0.3) is 0 Å². The first-order valence-corrected chi connectivity index (χ1v) is 5.54. The van der Waals surface area contributed by atoms with Gasteiger partial charge in [0.05, 0.1) is 18.1 Å². The molecule has 0 aliphatic carbocycles. The summed E-state index contributed by atoms with van der Waals surface area (Å²) in [4.78, 5) is 19.8. The van der Waals surface area contributed by atoms with Gasteiger partial charge in [-0.15, -0.1) is 0 Å². The molecule has 2 aromatic rings. The molecule has 18 heavy (non-hydrogen) atoms. The van der Waals surface area contributed by atoms with E-state index in [4.69, 9.17) is 18.0 Å². The van der Waals surface area contributed by atoms with Gasteiger partial charge in [0.25, 0.3) is 5.91 Å². The average Bonchev–Trinajstić information content (AvgIpc) is 2.40. The van der Waals surface area contributed by atoms with Gasteiger partial charge in [-0.05, 0) is 12.1 Å². The summed E-state index contributed by atoms with van der Waals surface area (Å²) in [6.07, 6.45) is 4.44. The highest BCUT2D eigenvalue weighted by Crippen LogP contribution is 2.08. The molecule has 90 valence electrons. The Kier molecular flexibility index (Phi) is 3.59. The molecule has 2 rings (SSSR count). The number of hydrogen-bond donors (Lipinski definition) is 2. The van der Waals surface area contributed by atoms with Gasteiger partial charge < -0.3 is 11.1 Å². The van der Waals surface area contributed by atoms with E-state index in [1.54, 1.807) is 24.3 Å². The summed E-state index contributed by atoms with van der Waals surface area (Å²) in [6, 6.07) is 6.73. The van der Waals surface area contributed by atoms with E-state index in [0.29, 0.717) is 16.2 Å². The number of rotatable bonds is 3. The molecule has 1 aromatic carbocycles. The molecule has 0 saturated heterocycles. The van der Waals surface area contributed by atoms with Crippen molar-refractivity contribution in [3.63, 3.8) is 0 Å². The van der Waals surface area contributed by atoms with E-state index in [1.165, 1.54) is 18.7 Å². The van der Waals surface area contributed by atoms with E-state index in [-0.39, 0.29) is 5.91 Å². The lowest BCUT2D eigenvalue weighted by molar-refractivity contribution is 0.102. The third-order valence-electron chi connectivity index (χ3n) is 2.25. The molecule has 3 N–H and O–H groups in total. The normalized spacial score (nSPS) is 9.78. The molecule has 5 nitrogen and oxygen atoms in total. The fourth-order valence-electron chi connectivity index (χ4n) is 1.35. The third kappa shape index (κ3) is 2.86. The largest absolute Gasteiger partial charge is 0.389 e. The van der Waals surface area contributed by atoms with Crippen LogP contribution < -0.4 is 11.1 Å². The first-order valence-electron chi connectivity index (χ1n) is 5.13. The van der Waals surface area contributed by atoms with Gasteiger partial charge in [-0.2, -0.15) is 0 Å². The predicted molar refractivity (Wildman–Crippen MR) is 72.3 cm³/mol. The number of nitrogens with two attached hydrogens (primary N) is 1. The Bertz CT molecular complexity index is 568. The van der Waals surface area contributed by atoms with E-state index >= 15 is 0 Å². The van der Waals surface area contributed by atoms with E-state index in [0.717, 1.165) is 5.56 Å². The van der Waals surface area contributed by atoms with E-state index in [9.17, 15) is 4.79 Å². The topological polar surface area (TPSA) is 80.9 Å². The van der Waals surface area contributed by atoms with Crippen molar-refractivity contribution in [1.29, 1.82) is 0 Å². The minimum Gasteiger partial charge on any atom is -0.389 e. The highest BCUT2D eigenvalue weighted by Gasteiger charge is 2.06. The van der Waals surface area contributed by atoms with Crippen LogP contribution in [0.4, 0.5) is 5.69 Å². The standard InChI is InChI=1S/C12H10N4OS/c13-11(18)8-1-3-9(4-2-8)12(17)16-10-5-14-7-15-6-10/h1-7H,(H2,13,18)(H,16,17).